The fraction of sp³-hybridized carbons (Fsp3) is 1.00. The molecule has 0 saturated carbocycles. The molecular weight excluding hydrogens is 285 g/mol. The lowest BCUT2D eigenvalue weighted by Gasteiger charge is -2.31. The minimum Gasteiger partial charge on any atom is -0.376 e. The monoisotopic (exact) mass is 306 g/mol. The number of piperidine rings is 1. The van der Waals surface area contributed by atoms with Gasteiger partial charge >= 0.3 is 0 Å². The number of alkyl halides is 2. The summed E-state index contributed by atoms with van der Waals surface area (Å²) in [5.74, 6) is -2.44. The Bertz CT molecular complexity index is 219. The van der Waals surface area contributed by atoms with E-state index >= 15 is 0 Å². The summed E-state index contributed by atoms with van der Waals surface area (Å²) >= 11 is 0. The smallest absolute Gasteiger partial charge is 0.250 e. The van der Waals surface area contributed by atoms with Gasteiger partial charge in [0.1, 0.15) is 0 Å². The molecule has 2 heterocycles. The fourth-order valence-corrected chi connectivity index (χ4v) is 2.22. The molecule has 2 saturated heterocycles. The summed E-state index contributed by atoms with van der Waals surface area (Å²) in [7, 11) is 0. The standard InChI is InChI=1S/C11H20F2N2O.2ClH/c12-11(13)2-5-15(6-3-11)7-8-16-10-1-4-14-9-10;;/h10,14H,1-9H2;2*1H. The van der Waals surface area contributed by atoms with Crippen molar-refractivity contribution < 1.29 is 13.5 Å². The van der Waals surface area contributed by atoms with E-state index in [0.29, 0.717) is 25.8 Å². The lowest BCUT2D eigenvalue weighted by molar-refractivity contribution is -0.0606. The molecule has 7 heteroatoms. The number of hydrogen-bond donors (Lipinski definition) is 1. The van der Waals surface area contributed by atoms with Crippen LogP contribution in [-0.2, 0) is 4.74 Å². The molecule has 0 aliphatic carbocycles. The van der Waals surface area contributed by atoms with Crippen LogP contribution >= 0.6 is 24.8 Å². The molecule has 0 aromatic rings. The molecule has 0 radical (unpaired) electrons. The van der Waals surface area contributed by atoms with Crippen molar-refractivity contribution in [2.24, 2.45) is 0 Å². The van der Waals surface area contributed by atoms with Crippen LogP contribution in [0.4, 0.5) is 8.78 Å². The average Bonchev–Trinajstić information content (AvgIpc) is 2.73. The van der Waals surface area contributed by atoms with E-state index in [1.165, 1.54) is 0 Å². The number of likely N-dealkylation sites (tertiary alicyclic amines) is 1. The average molecular weight is 307 g/mol. The maximum absolute atomic E-state index is 12.9. The summed E-state index contributed by atoms with van der Waals surface area (Å²) in [4.78, 5) is 2.07. The van der Waals surface area contributed by atoms with Crippen molar-refractivity contribution in [1.82, 2.24) is 10.2 Å². The summed E-state index contributed by atoms with van der Waals surface area (Å²) in [6.07, 6.45) is 1.39. The van der Waals surface area contributed by atoms with Crippen molar-refractivity contribution in [1.29, 1.82) is 0 Å². The van der Waals surface area contributed by atoms with E-state index in [0.717, 1.165) is 26.1 Å². The van der Waals surface area contributed by atoms with Crippen molar-refractivity contribution in [2.45, 2.75) is 31.3 Å². The first kappa shape index (κ1) is 18.3. The first-order valence-corrected chi connectivity index (χ1v) is 6.08. The number of nitrogens with one attached hydrogen (secondary N) is 1. The molecule has 0 aromatic carbocycles. The van der Waals surface area contributed by atoms with Crippen molar-refractivity contribution >= 4 is 24.8 Å². The molecule has 2 aliphatic heterocycles. The Hall–Kier alpha value is 0.320. The van der Waals surface area contributed by atoms with Gasteiger partial charge < -0.3 is 15.0 Å². The molecule has 1 unspecified atom stereocenters. The Morgan fingerprint density at radius 3 is 2.44 bits per heavy atom. The minimum absolute atomic E-state index is 0. The maximum atomic E-state index is 12.9. The zero-order valence-electron chi connectivity index (χ0n) is 10.4. The second kappa shape index (κ2) is 8.48. The number of ether oxygens (including phenoxy) is 1. The van der Waals surface area contributed by atoms with Gasteiger partial charge in [-0.05, 0) is 13.0 Å². The van der Waals surface area contributed by atoms with Crippen LogP contribution in [0.1, 0.15) is 19.3 Å². The first-order chi connectivity index (χ1) is 7.66. The van der Waals surface area contributed by atoms with Crippen LogP contribution in [0.15, 0.2) is 0 Å². The van der Waals surface area contributed by atoms with Crippen LogP contribution in [0.3, 0.4) is 0 Å². The quantitative estimate of drug-likeness (QED) is 0.859. The predicted molar refractivity (Wildman–Crippen MR) is 72.3 cm³/mol. The molecule has 1 N–H and O–H groups in total. The van der Waals surface area contributed by atoms with Crippen LogP contribution in [0, 0.1) is 0 Å². The van der Waals surface area contributed by atoms with Crippen molar-refractivity contribution in [3.63, 3.8) is 0 Å². The molecule has 110 valence electrons. The Morgan fingerprint density at radius 1 is 1.22 bits per heavy atom. The SMILES string of the molecule is Cl.Cl.FC1(F)CCN(CCOC2CCNC2)CC1. The predicted octanol–water partition coefficient (Wildman–Crippen LogP) is 1.94. The highest BCUT2D eigenvalue weighted by atomic mass is 35.5. The molecule has 0 aromatic heterocycles. The summed E-state index contributed by atoms with van der Waals surface area (Å²) < 4.78 is 31.4. The molecule has 18 heavy (non-hydrogen) atoms. The highest BCUT2D eigenvalue weighted by Gasteiger charge is 2.33. The summed E-state index contributed by atoms with van der Waals surface area (Å²) in [6.45, 7) is 4.40. The van der Waals surface area contributed by atoms with E-state index in [4.69, 9.17) is 4.74 Å². The zero-order valence-corrected chi connectivity index (χ0v) is 12.0. The number of nitrogens with zero attached hydrogens (tertiary/aromatic N) is 1. The van der Waals surface area contributed by atoms with Gasteiger partial charge in [0.2, 0.25) is 0 Å². The van der Waals surface area contributed by atoms with Gasteiger partial charge in [-0.15, -0.1) is 24.8 Å². The molecule has 0 spiro atoms. The lowest BCUT2D eigenvalue weighted by atomic mass is 10.1. The van der Waals surface area contributed by atoms with Gasteiger partial charge in [0.15, 0.2) is 0 Å². The Kier molecular flexibility index (Phi) is 8.63. The maximum Gasteiger partial charge on any atom is 0.250 e. The molecule has 0 bridgehead atoms. The summed E-state index contributed by atoms with van der Waals surface area (Å²) in [5.41, 5.74) is 0. The first-order valence-electron chi connectivity index (χ1n) is 6.08. The van der Waals surface area contributed by atoms with Gasteiger partial charge in [0.25, 0.3) is 5.92 Å². The van der Waals surface area contributed by atoms with Crippen LogP contribution in [0.25, 0.3) is 0 Å². The van der Waals surface area contributed by atoms with Gasteiger partial charge in [0.05, 0.1) is 12.7 Å². The number of rotatable bonds is 4. The molecule has 3 nitrogen and oxygen atoms in total. The van der Waals surface area contributed by atoms with Crippen molar-refractivity contribution in [2.75, 3.05) is 39.3 Å². The van der Waals surface area contributed by atoms with E-state index in [-0.39, 0.29) is 37.7 Å². The topological polar surface area (TPSA) is 24.5 Å². The van der Waals surface area contributed by atoms with E-state index in [1.54, 1.807) is 0 Å². The summed E-state index contributed by atoms with van der Waals surface area (Å²) in [5, 5.41) is 3.23. The number of halogens is 4. The lowest BCUT2D eigenvalue weighted by Crippen LogP contribution is -2.41. The molecule has 0 amide bonds. The molecule has 2 fully saturated rings. The van der Waals surface area contributed by atoms with Gasteiger partial charge in [-0.1, -0.05) is 0 Å². The molecule has 2 aliphatic rings. The Labute approximate surface area is 119 Å². The highest BCUT2D eigenvalue weighted by molar-refractivity contribution is 5.85. The van der Waals surface area contributed by atoms with Crippen LogP contribution < -0.4 is 5.32 Å². The van der Waals surface area contributed by atoms with Gasteiger partial charge in [0, 0.05) is 39.0 Å². The third-order valence-electron chi connectivity index (χ3n) is 3.36. The third-order valence-corrected chi connectivity index (χ3v) is 3.36. The van der Waals surface area contributed by atoms with E-state index in [2.05, 4.69) is 10.2 Å². The third kappa shape index (κ3) is 5.97. The normalized spacial score (nSPS) is 27.3. The molecule has 1 atom stereocenters. The minimum atomic E-state index is -2.44. The fourth-order valence-electron chi connectivity index (χ4n) is 2.22. The van der Waals surface area contributed by atoms with Crippen molar-refractivity contribution in [3.05, 3.63) is 0 Å². The van der Waals surface area contributed by atoms with Crippen molar-refractivity contribution in [3.8, 4) is 0 Å². The van der Waals surface area contributed by atoms with Crippen LogP contribution in [0.5, 0.6) is 0 Å². The van der Waals surface area contributed by atoms with E-state index < -0.39 is 5.92 Å². The van der Waals surface area contributed by atoms with Gasteiger partial charge in [-0.3, -0.25) is 0 Å². The van der Waals surface area contributed by atoms with Crippen LogP contribution in [0.2, 0.25) is 0 Å². The Morgan fingerprint density at radius 2 is 1.89 bits per heavy atom. The van der Waals surface area contributed by atoms with E-state index in [9.17, 15) is 8.78 Å². The molecular formula is C11H22Cl2F2N2O. The Balaban J connectivity index is 0.00000144. The zero-order chi connectivity index (χ0) is 11.4. The van der Waals surface area contributed by atoms with Gasteiger partial charge in [-0.25, -0.2) is 8.78 Å². The largest absolute Gasteiger partial charge is 0.376 e. The summed E-state index contributed by atoms with van der Waals surface area (Å²) in [6, 6.07) is 0. The highest BCUT2D eigenvalue weighted by Crippen LogP contribution is 2.27. The van der Waals surface area contributed by atoms with Gasteiger partial charge in [-0.2, -0.15) is 0 Å². The number of hydrogen-bond acceptors (Lipinski definition) is 3. The second-order valence-electron chi connectivity index (χ2n) is 4.68. The molecule has 2 rings (SSSR count). The van der Waals surface area contributed by atoms with E-state index in [1.807, 2.05) is 0 Å². The van der Waals surface area contributed by atoms with Crippen LogP contribution in [-0.4, -0.2) is 56.3 Å². The second-order valence-corrected chi connectivity index (χ2v) is 4.68.